The molecule has 1 aromatic carbocycles. The third-order valence-corrected chi connectivity index (χ3v) is 3.82. The van der Waals surface area contributed by atoms with Gasteiger partial charge in [0, 0.05) is 11.2 Å². The molecule has 3 rings (SSSR count). The standard InChI is InChI=1S/C17H17ClN4O2/c1-11-7-13(18)8-12(2)17(11)24-10-16(23)19-9-15-21-20-14-5-3-4-6-22(14)15/h3-8H,9-10H2,1-2H3,(H,19,23). The number of halogens is 1. The Kier molecular flexibility index (Phi) is 4.66. The number of hydrogen-bond donors (Lipinski definition) is 1. The van der Waals surface area contributed by atoms with E-state index in [0.29, 0.717) is 16.6 Å². The Balaban J connectivity index is 1.59. The van der Waals surface area contributed by atoms with Gasteiger partial charge < -0.3 is 10.1 Å². The fraction of sp³-hybridized carbons (Fsp3) is 0.235. The lowest BCUT2D eigenvalue weighted by Crippen LogP contribution is -2.29. The van der Waals surface area contributed by atoms with Gasteiger partial charge in [-0.2, -0.15) is 0 Å². The zero-order valence-electron chi connectivity index (χ0n) is 13.4. The lowest BCUT2D eigenvalue weighted by Gasteiger charge is -2.12. The van der Waals surface area contributed by atoms with Crippen LogP contribution in [0.5, 0.6) is 5.75 Å². The molecule has 0 aliphatic heterocycles. The lowest BCUT2D eigenvalue weighted by molar-refractivity contribution is -0.123. The molecule has 0 radical (unpaired) electrons. The highest BCUT2D eigenvalue weighted by Gasteiger charge is 2.10. The predicted molar refractivity (Wildman–Crippen MR) is 91.3 cm³/mol. The lowest BCUT2D eigenvalue weighted by atomic mass is 10.1. The van der Waals surface area contributed by atoms with Crippen molar-refractivity contribution in [2.75, 3.05) is 6.61 Å². The van der Waals surface area contributed by atoms with Crippen LogP contribution in [0.25, 0.3) is 5.65 Å². The number of rotatable bonds is 5. The van der Waals surface area contributed by atoms with Crippen molar-refractivity contribution >= 4 is 23.2 Å². The zero-order chi connectivity index (χ0) is 17.1. The van der Waals surface area contributed by atoms with Crippen molar-refractivity contribution in [3.8, 4) is 5.75 Å². The topological polar surface area (TPSA) is 68.5 Å². The van der Waals surface area contributed by atoms with E-state index in [9.17, 15) is 4.79 Å². The van der Waals surface area contributed by atoms with Gasteiger partial charge in [0.25, 0.3) is 5.91 Å². The molecule has 6 nitrogen and oxygen atoms in total. The van der Waals surface area contributed by atoms with Crippen molar-refractivity contribution in [1.29, 1.82) is 0 Å². The summed E-state index contributed by atoms with van der Waals surface area (Å²) in [5.74, 6) is 1.12. The first-order valence-electron chi connectivity index (χ1n) is 7.49. The first-order valence-corrected chi connectivity index (χ1v) is 7.87. The summed E-state index contributed by atoms with van der Waals surface area (Å²) >= 11 is 5.99. The molecular weight excluding hydrogens is 328 g/mol. The number of fused-ring (bicyclic) bond motifs is 1. The number of benzene rings is 1. The highest BCUT2D eigenvalue weighted by atomic mass is 35.5. The van der Waals surface area contributed by atoms with Gasteiger partial charge in [-0.25, -0.2) is 0 Å². The van der Waals surface area contributed by atoms with Gasteiger partial charge >= 0.3 is 0 Å². The minimum atomic E-state index is -0.226. The van der Waals surface area contributed by atoms with Crippen LogP contribution in [0.1, 0.15) is 17.0 Å². The molecule has 0 aliphatic rings. The maximum atomic E-state index is 12.0. The van der Waals surface area contributed by atoms with Gasteiger partial charge in [0.2, 0.25) is 0 Å². The van der Waals surface area contributed by atoms with Gasteiger partial charge in [0.15, 0.2) is 18.1 Å². The minimum Gasteiger partial charge on any atom is -0.483 e. The van der Waals surface area contributed by atoms with Crippen LogP contribution in [0, 0.1) is 13.8 Å². The second kappa shape index (κ2) is 6.88. The van der Waals surface area contributed by atoms with E-state index in [1.807, 2.05) is 54.8 Å². The Hall–Kier alpha value is -2.60. The molecule has 1 N–H and O–H groups in total. The fourth-order valence-electron chi connectivity index (χ4n) is 2.50. The summed E-state index contributed by atoms with van der Waals surface area (Å²) in [6, 6.07) is 9.25. The third kappa shape index (κ3) is 3.49. The van der Waals surface area contributed by atoms with Gasteiger partial charge in [-0.1, -0.05) is 17.7 Å². The van der Waals surface area contributed by atoms with E-state index in [-0.39, 0.29) is 19.1 Å². The molecule has 2 aromatic heterocycles. The summed E-state index contributed by atoms with van der Waals surface area (Å²) in [5, 5.41) is 11.5. The molecule has 124 valence electrons. The van der Waals surface area contributed by atoms with Crippen molar-refractivity contribution in [3.05, 3.63) is 58.5 Å². The van der Waals surface area contributed by atoms with Crippen LogP contribution in [0.15, 0.2) is 36.5 Å². The van der Waals surface area contributed by atoms with Crippen LogP contribution in [0.4, 0.5) is 0 Å². The average Bonchev–Trinajstić information content (AvgIpc) is 2.95. The van der Waals surface area contributed by atoms with Gasteiger partial charge in [-0.05, 0) is 49.2 Å². The molecular formula is C17H17ClN4O2. The summed E-state index contributed by atoms with van der Waals surface area (Å²) in [6.07, 6.45) is 1.85. The Labute approximate surface area is 144 Å². The summed E-state index contributed by atoms with van der Waals surface area (Å²) in [5.41, 5.74) is 2.54. The Morgan fingerprint density at radius 2 is 2.00 bits per heavy atom. The SMILES string of the molecule is Cc1cc(Cl)cc(C)c1OCC(=O)NCc1nnc2ccccn12. The molecule has 0 saturated carbocycles. The van der Waals surface area contributed by atoms with E-state index in [1.54, 1.807) is 0 Å². The summed E-state index contributed by atoms with van der Waals surface area (Å²) in [7, 11) is 0. The average molecular weight is 345 g/mol. The zero-order valence-corrected chi connectivity index (χ0v) is 14.2. The van der Waals surface area contributed by atoms with E-state index in [4.69, 9.17) is 16.3 Å². The van der Waals surface area contributed by atoms with Crippen LogP contribution >= 0.6 is 11.6 Å². The molecule has 0 spiro atoms. The summed E-state index contributed by atoms with van der Waals surface area (Å²) in [4.78, 5) is 12.0. The Morgan fingerprint density at radius 3 is 2.75 bits per heavy atom. The smallest absolute Gasteiger partial charge is 0.258 e. The van der Waals surface area contributed by atoms with Crippen molar-refractivity contribution in [2.45, 2.75) is 20.4 Å². The molecule has 0 unspecified atom stereocenters. The monoisotopic (exact) mass is 344 g/mol. The quantitative estimate of drug-likeness (QED) is 0.772. The molecule has 0 bridgehead atoms. The number of nitrogens with one attached hydrogen (secondary N) is 1. The largest absolute Gasteiger partial charge is 0.483 e. The second-order valence-electron chi connectivity index (χ2n) is 5.48. The van der Waals surface area contributed by atoms with E-state index in [2.05, 4.69) is 15.5 Å². The number of nitrogens with zero attached hydrogens (tertiary/aromatic N) is 3. The Morgan fingerprint density at radius 1 is 1.25 bits per heavy atom. The maximum Gasteiger partial charge on any atom is 0.258 e. The highest BCUT2D eigenvalue weighted by Crippen LogP contribution is 2.26. The summed E-state index contributed by atoms with van der Waals surface area (Å²) < 4.78 is 7.46. The first kappa shape index (κ1) is 16.3. The van der Waals surface area contributed by atoms with Crippen molar-refractivity contribution in [3.63, 3.8) is 0 Å². The van der Waals surface area contributed by atoms with Crippen LogP contribution in [0.3, 0.4) is 0 Å². The van der Waals surface area contributed by atoms with Crippen LogP contribution in [-0.2, 0) is 11.3 Å². The van der Waals surface area contributed by atoms with E-state index >= 15 is 0 Å². The van der Waals surface area contributed by atoms with Crippen molar-refractivity contribution in [2.24, 2.45) is 0 Å². The highest BCUT2D eigenvalue weighted by molar-refractivity contribution is 6.30. The van der Waals surface area contributed by atoms with Gasteiger partial charge in [-0.3, -0.25) is 9.20 Å². The molecule has 2 heterocycles. The molecule has 1 amide bonds. The number of carbonyl (C=O) groups is 1. The molecule has 3 aromatic rings. The predicted octanol–water partition coefficient (Wildman–Crippen LogP) is 2.69. The second-order valence-corrected chi connectivity index (χ2v) is 5.92. The van der Waals surface area contributed by atoms with Crippen LogP contribution in [0.2, 0.25) is 5.02 Å². The molecule has 24 heavy (non-hydrogen) atoms. The van der Waals surface area contributed by atoms with Crippen molar-refractivity contribution in [1.82, 2.24) is 19.9 Å². The number of aromatic nitrogens is 3. The third-order valence-electron chi connectivity index (χ3n) is 3.60. The van der Waals surface area contributed by atoms with E-state index < -0.39 is 0 Å². The van der Waals surface area contributed by atoms with Gasteiger partial charge in [0.05, 0.1) is 6.54 Å². The van der Waals surface area contributed by atoms with Gasteiger partial charge in [-0.15, -0.1) is 10.2 Å². The van der Waals surface area contributed by atoms with Gasteiger partial charge in [0.1, 0.15) is 5.75 Å². The maximum absolute atomic E-state index is 12.0. The molecule has 0 saturated heterocycles. The van der Waals surface area contributed by atoms with Crippen LogP contribution in [-0.4, -0.2) is 27.1 Å². The van der Waals surface area contributed by atoms with E-state index in [1.165, 1.54) is 0 Å². The van der Waals surface area contributed by atoms with Crippen molar-refractivity contribution < 1.29 is 9.53 Å². The molecule has 0 aliphatic carbocycles. The number of carbonyl (C=O) groups excluding carboxylic acids is 1. The number of hydrogen-bond acceptors (Lipinski definition) is 4. The first-order chi connectivity index (χ1) is 11.5. The fourth-order valence-corrected chi connectivity index (χ4v) is 2.83. The number of amides is 1. The molecule has 0 atom stereocenters. The summed E-state index contributed by atoms with van der Waals surface area (Å²) in [6.45, 7) is 4.01. The molecule has 7 heteroatoms. The number of pyridine rings is 1. The molecule has 0 fully saturated rings. The normalized spacial score (nSPS) is 10.8. The number of ether oxygens (including phenoxy) is 1. The van der Waals surface area contributed by atoms with E-state index in [0.717, 1.165) is 16.8 Å². The minimum absolute atomic E-state index is 0.0694. The Bertz CT molecular complexity index is 868. The number of aryl methyl sites for hydroxylation is 2. The van der Waals surface area contributed by atoms with Crippen LogP contribution < -0.4 is 10.1 Å².